The molecule has 0 aliphatic heterocycles. The highest BCUT2D eigenvalue weighted by Gasteiger charge is 2.18. The number of hydrogen-bond acceptors (Lipinski definition) is 3. The van der Waals surface area contributed by atoms with Crippen molar-refractivity contribution in [3.8, 4) is 0 Å². The molecule has 1 atom stereocenters. The van der Waals surface area contributed by atoms with E-state index in [0.29, 0.717) is 10.9 Å². The summed E-state index contributed by atoms with van der Waals surface area (Å²) in [7, 11) is 0. The number of aromatic amines is 1. The highest BCUT2D eigenvalue weighted by molar-refractivity contribution is 5.79. The van der Waals surface area contributed by atoms with Gasteiger partial charge in [0, 0.05) is 13.0 Å². The fraction of sp³-hybridized carbons (Fsp3) is 0.286. The van der Waals surface area contributed by atoms with E-state index in [9.17, 15) is 18.8 Å². The normalized spacial score (nSPS) is 12.3. The van der Waals surface area contributed by atoms with Crippen molar-refractivity contribution in [1.82, 2.24) is 14.9 Å². The first-order valence-electron chi connectivity index (χ1n) is 9.13. The van der Waals surface area contributed by atoms with E-state index in [1.165, 1.54) is 16.7 Å². The second-order valence-corrected chi connectivity index (χ2v) is 7.02. The lowest BCUT2D eigenvalue weighted by atomic mass is 9.96. The van der Waals surface area contributed by atoms with E-state index in [1.807, 2.05) is 13.8 Å². The zero-order chi connectivity index (χ0) is 20.3. The minimum atomic E-state index is -0.546. The van der Waals surface area contributed by atoms with Crippen LogP contribution in [0.5, 0.6) is 0 Å². The first-order chi connectivity index (χ1) is 13.4. The summed E-state index contributed by atoms with van der Waals surface area (Å²) in [5.74, 6) is -0.460. The summed E-state index contributed by atoms with van der Waals surface area (Å²) in [5.41, 5.74) is 0.312. The lowest BCUT2D eigenvalue weighted by Crippen LogP contribution is -2.35. The van der Waals surface area contributed by atoms with Gasteiger partial charge in [0.25, 0.3) is 5.56 Å². The van der Waals surface area contributed by atoms with E-state index in [4.69, 9.17) is 0 Å². The van der Waals surface area contributed by atoms with E-state index in [1.54, 1.807) is 36.4 Å². The number of aryl methyl sites for hydroxylation is 1. The average Bonchev–Trinajstić information content (AvgIpc) is 2.66. The quantitative estimate of drug-likeness (QED) is 0.686. The molecule has 0 spiro atoms. The minimum Gasteiger partial charge on any atom is -0.349 e. The Balaban J connectivity index is 1.77. The number of rotatable bonds is 6. The topological polar surface area (TPSA) is 84.0 Å². The standard InChI is InChI=1S/C21H22FN3O3/c1-13(2)19(14-7-9-15(22)10-8-14)23-18(26)11-12-25-17-6-4-3-5-16(17)20(27)24-21(25)28/h3-10,13,19H,11-12H2,1-2H3,(H,23,26)(H,24,27,28)/t19-/m1/s1. The Labute approximate surface area is 161 Å². The van der Waals surface area contributed by atoms with Crippen LogP contribution in [0.4, 0.5) is 4.39 Å². The molecular formula is C21H22FN3O3. The van der Waals surface area contributed by atoms with Gasteiger partial charge < -0.3 is 5.32 Å². The molecule has 1 amide bonds. The van der Waals surface area contributed by atoms with Gasteiger partial charge in [-0.1, -0.05) is 38.1 Å². The zero-order valence-corrected chi connectivity index (χ0v) is 15.7. The van der Waals surface area contributed by atoms with Crippen molar-refractivity contribution in [3.05, 3.63) is 80.7 Å². The molecule has 0 fully saturated rings. The molecule has 0 radical (unpaired) electrons. The predicted molar refractivity (Wildman–Crippen MR) is 106 cm³/mol. The van der Waals surface area contributed by atoms with E-state index >= 15 is 0 Å². The molecule has 28 heavy (non-hydrogen) atoms. The Kier molecular flexibility index (Phi) is 5.73. The van der Waals surface area contributed by atoms with Crippen LogP contribution in [0.3, 0.4) is 0 Å². The van der Waals surface area contributed by atoms with Crippen molar-refractivity contribution in [1.29, 1.82) is 0 Å². The molecule has 2 N–H and O–H groups in total. The van der Waals surface area contributed by atoms with Gasteiger partial charge in [-0.2, -0.15) is 0 Å². The van der Waals surface area contributed by atoms with Gasteiger partial charge in [0.15, 0.2) is 0 Å². The van der Waals surface area contributed by atoms with E-state index in [2.05, 4.69) is 10.3 Å². The van der Waals surface area contributed by atoms with Gasteiger partial charge in [-0.15, -0.1) is 0 Å². The summed E-state index contributed by atoms with van der Waals surface area (Å²) >= 11 is 0. The summed E-state index contributed by atoms with van der Waals surface area (Å²) in [6, 6.07) is 12.5. The SMILES string of the molecule is CC(C)[C@@H](NC(=O)CCn1c(=O)[nH]c(=O)c2ccccc21)c1ccc(F)cc1. The Morgan fingerprint density at radius 1 is 1.11 bits per heavy atom. The Bertz CT molecular complexity index is 1100. The van der Waals surface area contributed by atoms with E-state index in [0.717, 1.165) is 5.56 Å². The van der Waals surface area contributed by atoms with Crippen LogP contribution in [0, 0.1) is 11.7 Å². The number of carbonyl (C=O) groups is 1. The predicted octanol–water partition coefficient (Wildman–Crippen LogP) is 2.73. The largest absolute Gasteiger partial charge is 0.349 e. The zero-order valence-electron chi connectivity index (χ0n) is 15.7. The molecule has 0 saturated carbocycles. The van der Waals surface area contributed by atoms with E-state index < -0.39 is 11.2 Å². The summed E-state index contributed by atoms with van der Waals surface area (Å²) in [6.45, 7) is 4.07. The van der Waals surface area contributed by atoms with Crippen LogP contribution < -0.4 is 16.6 Å². The fourth-order valence-corrected chi connectivity index (χ4v) is 3.23. The van der Waals surface area contributed by atoms with Crippen LogP contribution in [-0.4, -0.2) is 15.5 Å². The number of H-pyrrole nitrogens is 1. The Morgan fingerprint density at radius 3 is 2.46 bits per heavy atom. The number of benzene rings is 2. The van der Waals surface area contributed by atoms with Crippen molar-refractivity contribution in [2.75, 3.05) is 0 Å². The van der Waals surface area contributed by atoms with Gasteiger partial charge in [-0.05, 0) is 35.7 Å². The molecule has 0 aliphatic carbocycles. The highest BCUT2D eigenvalue weighted by atomic mass is 19.1. The first kappa shape index (κ1) is 19.5. The first-order valence-corrected chi connectivity index (χ1v) is 9.13. The molecule has 0 unspecified atom stereocenters. The maximum atomic E-state index is 13.2. The lowest BCUT2D eigenvalue weighted by molar-refractivity contribution is -0.122. The maximum absolute atomic E-state index is 13.2. The van der Waals surface area contributed by atoms with Crippen molar-refractivity contribution in [2.45, 2.75) is 32.9 Å². The van der Waals surface area contributed by atoms with Gasteiger partial charge in [0.1, 0.15) is 5.82 Å². The number of nitrogens with one attached hydrogen (secondary N) is 2. The average molecular weight is 383 g/mol. The molecule has 7 heteroatoms. The summed E-state index contributed by atoms with van der Waals surface area (Å²) in [4.78, 5) is 38.9. The summed E-state index contributed by atoms with van der Waals surface area (Å²) in [5, 5.41) is 3.35. The van der Waals surface area contributed by atoms with Crippen LogP contribution in [-0.2, 0) is 11.3 Å². The van der Waals surface area contributed by atoms with E-state index in [-0.39, 0.29) is 36.6 Å². The molecule has 0 saturated heterocycles. The summed E-state index contributed by atoms with van der Waals surface area (Å²) in [6.07, 6.45) is 0.0698. The molecule has 6 nitrogen and oxygen atoms in total. The van der Waals surface area contributed by atoms with Crippen molar-refractivity contribution in [3.63, 3.8) is 0 Å². The van der Waals surface area contributed by atoms with Gasteiger partial charge in [0.05, 0.1) is 16.9 Å². The van der Waals surface area contributed by atoms with Gasteiger partial charge in [-0.25, -0.2) is 9.18 Å². The number of carbonyl (C=O) groups excluding carboxylic acids is 1. The fourth-order valence-electron chi connectivity index (χ4n) is 3.23. The lowest BCUT2D eigenvalue weighted by Gasteiger charge is -2.23. The molecule has 146 valence electrons. The number of halogens is 1. The third-order valence-corrected chi connectivity index (χ3v) is 4.68. The molecule has 1 heterocycles. The van der Waals surface area contributed by atoms with Crippen LogP contribution in [0.25, 0.3) is 10.9 Å². The van der Waals surface area contributed by atoms with Gasteiger partial charge >= 0.3 is 5.69 Å². The molecule has 2 aromatic carbocycles. The monoisotopic (exact) mass is 383 g/mol. The Morgan fingerprint density at radius 2 is 1.79 bits per heavy atom. The number of fused-ring (bicyclic) bond motifs is 1. The minimum absolute atomic E-state index is 0.0698. The third kappa shape index (κ3) is 4.19. The third-order valence-electron chi connectivity index (χ3n) is 4.68. The van der Waals surface area contributed by atoms with Gasteiger partial charge in [-0.3, -0.25) is 19.1 Å². The number of hydrogen-bond donors (Lipinski definition) is 2. The number of aromatic nitrogens is 2. The highest BCUT2D eigenvalue weighted by Crippen LogP contribution is 2.22. The van der Waals surface area contributed by atoms with Crippen LogP contribution in [0.1, 0.15) is 31.9 Å². The molecule has 0 bridgehead atoms. The maximum Gasteiger partial charge on any atom is 0.328 e. The number of amides is 1. The molecule has 1 aromatic heterocycles. The second-order valence-electron chi connectivity index (χ2n) is 7.02. The molecule has 3 aromatic rings. The van der Waals surface area contributed by atoms with Crippen LogP contribution in [0.2, 0.25) is 0 Å². The summed E-state index contributed by atoms with van der Waals surface area (Å²) < 4.78 is 14.6. The van der Waals surface area contributed by atoms with Crippen molar-refractivity contribution in [2.24, 2.45) is 5.92 Å². The second kappa shape index (κ2) is 8.21. The van der Waals surface area contributed by atoms with Gasteiger partial charge in [0.2, 0.25) is 5.91 Å². The van der Waals surface area contributed by atoms with Crippen LogP contribution in [0.15, 0.2) is 58.1 Å². The number of para-hydroxylation sites is 1. The smallest absolute Gasteiger partial charge is 0.328 e. The van der Waals surface area contributed by atoms with Crippen molar-refractivity contribution < 1.29 is 9.18 Å². The molecule has 0 aliphatic rings. The number of nitrogens with zero attached hydrogens (tertiary/aromatic N) is 1. The van der Waals surface area contributed by atoms with Crippen LogP contribution >= 0.6 is 0 Å². The Hall–Kier alpha value is -3.22. The molecular weight excluding hydrogens is 361 g/mol. The van der Waals surface area contributed by atoms with Crippen molar-refractivity contribution >= 4 is 16.8 Å². The molecule has 3 rings (SSSR count).